The molecule has 3 rings (SSSR count). The number of carbonyl (C=O) groups excluding carboxylic acids is 3. The standard InChI is InChI=1S/C16H19N3O3/c1-10-5-6-12(8-11(10)2)17-14(20)9-19-15(21)13-4-3-7-18(13)16(19)22/h5-6,8,13H,3-4,7,9H2,1-2H3,(H,17,20). The molecule has 0 bridgehead atoms. The average Bonchev–Trinajstić information content (AvgIpc) is 3.03. The largest absolute Gasteiger partial charge is 0.327 e. The first-order valence-corrected chi connectivity index (χ1v) is 7.46. The molecule has 6 nitrogen and oxygen atoms in total. The molecule has 0 spiro atoms. The minimum Gasteiger partial charge on any atom is -0.325 e. The number of amides is 4. The van der Waals surface area contributed by atoms with Gasteiger partial charge in [-0.05, 0) is 49.9 Å². The van der Waals surface area contributed by atoms with Gasteiger partial charge in [0.05, 0.1) is 0 Å². The van der Waals surface area contributed by atoms with Crippen LogP contribution < -0.4 is 5.32 Å². The number of hydrogen-bond donors (Lipinski definition) is 1. The van der Waals surface area contributed by atoms with Gasteiger partial charge in [0, 0.05) is 12.2 Å². The van der Waals surface area contributed by atoms with Crippen LogP contribution in [0.15, 0.2) is 18.2 Å². The molecule has 22 heavy (non-hydrogen) atoms. The molecule has 0 aromatic heterocycles. The van der Waals surface area contributed by atoms with Crippen molar-refractivity contribution in [2.45, 2.75) is 32.7 Å². The minimum atomic E-state index is -0.359. The molecule has 2 heterocycles. The van der Waals surface area contributed by atoms with E-state index in [0.717, 1.165) is 22.4 Å². The van der Waals surface area contributed by atoms with E-state index in [2.05, 4.69) is 5.32 Å². The van der Waals surface area contributed by atoms with Crippen molar-refractivity contribution in [3.63, 3.8) is 0 Å². The third-order valence-corrected chi connectivity index (χ3v) is 4.37. The smallest absolute Gasteiger partial charge is 0.325 e. The maximum absolute atomic E-state index is 12.2. The van der Waals surface area contributed by atoms with Gasteiger partial charge in [-0.2, -0.15) is 0 Å². The highest BCUT2D eigenvalue weighted by molar-refractivity contribution is 6.08. The van der Waals surface area contributed by atoms with Crippen LogP contribution >= 0.6 is 0 Å². The number of benzene rings is 1. The number of urea groups is 1. The van der Waals surface area contributed by atoms with Crippen molar-refractivity contribution in [1.82, 2.24) is 9.80 Å². The Morgan fingerprint density at radius 1 is 1.27 bits per heavy atom. The quantitative estimate of drug-likeness (QED) is 0.863. The van der Waals surface area contributed by atoms with Gasteiger partial charge in [0.15, 0.2) is 0 Å². The maximum Gasteiger partial charge on any atom is 0.327 e. The zero-order valence-corrected chi connectivity index (χ0v) is 12.8. The lowest BCUT2D eigenvalue weighted by Gasteiger charge is -2.15. The van der Waals surface area contributed by atoms with E-state index in [0.29, 0.717) is 18.7 Å². The second-order valence-electron chi connectivity index (χ2n) is 5.91. The van der Waals surface area contributed by atoms with E-state index in [1.165, 1.54) is 0 Å². The van der Waals surface area contributed by atoms with E-state index in [1.807, 2.05) is 32.0 Å². The van der Waals surface area contributed by atoms with Gasteiger partial charge >= 0.3 is 6.03 Å². The molecule has 0 aliphatic carbocycles. The zero-order valence-electron chi connectivity index (χ0n) is 12.8. The molecule has 1 unspecified atom stereocenters. The first-order valence-electron chi connectivity index (χ1n) is 7.46. The molecule has 2 aliphatic rings. The summed E-state index contributed by atoms with van der Waals surface area (Å²) in [6.45, 7) is 4.34. The van der Waals surface area contributed by atoms with E-state index >= 15 is 0 Å². The number of imide groups is 1. The first kappa shape index (κ1) is 14.6. The summed E-state index contributed by atoms with van der Waals surface area (Å²) in [7, 11) is 0. The van der Waals surface area contributed by atoms with Crippen LogP contribution in [0.2, 0.25) is 0 Å². The maximum atomic E-state index is 12.2. The van der Waals surface area contributed by atoms with E-state index in [9.17, 15) is 14.4 Å². The predicted octanol–water partition coefficient (Wildman–Crippen LogP) is 1.67. The fourth-order valence-corrected chi connectivity index (χ4v) is 2.99. The predicted molar refractivity (Wildman–Crippen MR) is 81.4 cm³/mol. The highest BCUT2D eigenvalue weighted by Gasteiger charge is 2.47. The molecule has 2 saturated heterocycles. The van der Waals surface area contributed by atoms with Crippen molar-refractivity contribution in [2.24, 2.45) is 0 Å². The number of carbonyl (C=O) groups is 3. The van der Waals surface area contributed by atoms with Crippen molar-refractivity contribution < 1.29 is 14.4 Å². The summed E-state index contributed by atoms with van der Waals surface area (Å²) >= 11 is 0. The first-order chi connectivity index (χ1) is 10.5. The molecule has 116 valence electrons. The lowest BCUT2D eigenvalue weighted by atomic mass is 10.1. The molecule has 0 saturated carbocycles. The number of hydrogen-bond acceptors (Lipinski definition) is 3. The molecule has 1 aromatic carbocycles. The topological polar surface area (TPSA) is 69.7 Å². The molecule has 0 radical (unpaired) electrons. The summed E-state index contributed by atoms with van der Waals surface area (Å²) in [5.41, 5.74) is 2.89. The molecule has 6 heteroatoms. The van der Waals surface area contributed by atoms with Crippen molar-refractivity contribution in [1.29, 1.82) is 0 Å². The molecule has 2 fully saturated rings. The van der Waals surface area contributed by atoms with Crippen molar-refractivity contribution in [2.75, 3.05) is 18.4 Å². The summed E-state index contributed by atoms with van der Waals surface area (Å²) in [6.07, 6.45) is 1.55. The van der Waals surface area contributed by atoms with Crippen LogP contribution in [-0.4, -0.2) is 46.8 Å². The van der Waals surface area contributed by atoms with Crippen LogP contribution in [0.4, 0.5) is 10.5 Å². The average molecular weight is 301 g/mol. The molecule has 1 atom stereocenters. The van der Waals surface area contributed by atoms with Gasteiger partial charge in [-0.1, -0.05) is 6.07 Å². The van der Waals surface area contributed by atoms with Crippen molar-refractivity contribution in [3.05, 3.63) is 29.3 Å². The summed E-state index contributed by atoms with van der Waals surface area (Å²) in [6, 6.07) is 4.91. The van der Waals surface area contributed by atoms with Crippen LogP contribution in [0.1, 0.15) is 24.0 Å². The Kier molecular flexibility index (Phi) is 3.60. The van der Waals surface area contributed by atoms with E-state index in [-0.39, 0.29) is 30.4 Å². The number of rotatable bonds is 3. The summed E-state index contributed by atoms with van der Waals surface area (Å²) < 4.78 is 0. The number of fused-ring (bicyclic) bond motifs is 1. The van der Waals surface area contributed by atoms with Gasteiger partial charge in [0.1, 0.15) is 12.6 Å². The highest BCUT2D eigenvalue weighted by Crippen LogP contribution is 2.27. The Labute approximate surface area is 129 Å². The zero-order chi connectivity index (χ0) is 15.9. The lowest BCUT2D eigenvalue weighted by molar-refractivity contribution is -0.131. The van der Waals surface area contributed by atoms with Gasteiger partial charge in [-0.3, -0.25) is 14.5 Å². The molecular weight excluding hydrogens is 282 g/mol. The summed E-state index contributed by atoms with van der Waals surface area (Å²) in [5.74, 6) is -0.608. The van der Waals surface area contributed by atoms with E-state index < -0.39 is 0 Å². The fourth-order valence-electron chi connectivity index (χ4n) is 2.99. The number of anilines is 1. The third kappa shape index (κ3) is 2.45. The van der Waals surface area contributed by atoms with Gasteiger partial charge in [0.25, 0.3) is 5.91 Å². The van der Waals surface area contributed by atoms with Crippen molar-refractivity contribution in [3.8, 4) is 0 Å². The summed E-state index contributed by atoms with van der Waals surface area (Å²) in [4.78, 5) is 39.0. The Bertz CT molecular complexity index is 634. The summed E-state index contributed by atoms with van der Waals surface area (Å²) in [5, 5.41) is 2.74. The highest BCUT2D eigenvalue weighted by atomic mass is 16.2. The van der Waals surface area contributed by atoms with Gasteiger partial charge in [-0.15, -0.1) is 0 Å². The number of aryl methyl sites for hydroxylation is 2. The molecular formula is C16H19N3O3. The van der Waals surface area contributed by atoms with Gasteiger partial charge in [0.2, 0.25) is 5.91 Å². The van der Waals surface area contributed by atoms with Gasteiger partial charge < -0.3 is 10.2 Å². The normalized spacial score (nSPS) is 20.5. The number of nitrogens with zero attached hydrogens (tertiary/aromatic N) is 2. The van der Waals surface area contributed by atoms with Crippen LogP contribution in [0.5, 0.6) is 0 Å². The minimum absolute atomic E-state index is 0.225. The molecule has 4 amide bonds. The van der Waals surface area contributed by atoms with E-state index in [4.69, 9.17) is 0 Å². The lowest BCUT2D eigenvalue weighted by Crippen LogP contribution is -2.39. The van der Waals surface area contributed by atoms with Crippen LogP contribution in [0, 0.1) is 13.8 Å². The Balaban J connectivity index is 1.66. The van der Waals surface area contributed by atoms with E-state index in [1.54, 1.807) is 4.90 Å². The SMILES string of the molecule is Cc1ccc(NC(=O)CN2C(=O)C3CCCN3C2=O)cc1C. The van der Waals surface area contributed by atoms with Crippen LogP contribution in [0.25, 0.3) is 0 Å². The monoisotopic (exact) mass is 301 g/mol. The Morgan fingerprint density at radius 2 is 2.05 bits per heavy atom. The number of nitrogens with one attached hydrogen (secondary N) is 1. The Hall–Kier alpha value is -2.37. The third-order valence-electron chi connectivity index (χ3n) is 4.37. The van der Waals surface area contributed by atoms with Crippen molar-refractivity contribution >= 4 is 23.5 Å². The van der Waals surface area contributed by atoms with Gasteiger partial charge in [-0.25, -0.2) is 4.79 Å². The molecule has 1 N–H and O–H groups in total. The van der Waals surface area contributed by atoms with Crippen LogP contribution in [0.3, 0.4) is 0 Å². The fraction of sp³-hybridized carbons (Fsp3) is 0.438. The Morgan fingerprint density at radius 3 is 2.73 bits per heavy atom. The molecule has 1 aromatic rings. The molecule has 2 aliphatic heterocycles. The second kappa shape index (κ2) is 5.44. The second-order valence-corrected chi connectivity index (χ2v) is 5.91. The van der Waals surface area contributed by atoms with Crippen LogP contribution in [-0.2, 0) is 9.59 Å².